The van der Waals surface area contributed by atoms with E-state index in [1.807, 2.05) is 0 Å². The number of hydrogen-bond acceptors (Lipinski definition) is 0. The molecule has 0 spiro atoms. The van der Waals surface area contributed by atoms with Crippen molar-refractivity contribution in [3.63, 3.8) is 0 Å². The molecule has 3 aromatic rings. The predicted molar refractivity (Wildman–Crippen MR) is 174 cm³/mol. The Kier molecular flexibility index (Phi) is 11.0. The normalized spacial score (nSPS) is 23.2. The van der Waals surface area contributed by atoms with Gasteiger partial charge >= 0.3 is 0 Å². The molecule has 2 aliphatic carbocycles. The lowest BCUT2D eigenvalue weighted by Crippen LogP contribution is -2.13. The Bertz CT molecular complexity index is 1100. The van der Waals surface area contributed by atoms with Gasteiger partial charge in [-0.25, -0.2) is 0 Å². The molecule has 2 aliphatic rings. The summed E-state index contributed by atoms with van der Waals surface area (Å²) in [4.78, 5) is 0. The Hall–Kier alpha value is -2.34. The first-order chi connectivity index (χ1) is 19.7. The standard InChI is InChI=1S/C40H54/c1-3-5-6-8-32-13-21-37(22-14-32)39-27-29-40(30-28-39)38-25-17-34(18-26-38)10-9-33-15-23-36(24-16-33)35-19-11-31(7-4-2)12-20-35/h15-18,23-32,35,37H,3-14,19-22H2,1-2H3. The minimum atomic E-state index is 0.772. The molecule has 0 unspecified atom stereocenters. The molecule has 2 fully saturated rings. The highest BCUT2D eigenvalue weighted by Gasteiger charge is 2.23. The van der Waals surface area contributed by atoms with Crippen molar-refractivity contribution in [1.29, 1.82) is 0 Å². The van der Waals surface area contributed by atoms with Crippen LogP contribution in [0.4, 0.5) is 0 Å². The average Bonchev–Trinajstić information content (AvgIpc) is 3.02. The van der Waals surface area contributed by atoms with Gasteiger partial charge < -0.3 is 0 Å². The third-order valence-corrected chi connectivity index (χ3v) is 10.4. The fraction of sp³-hybridized carbons (Fsp3) is 0.550. The van der Waals surface area contributed by atoms with Gasteiger partial charge in [0.25, 0.3) is 0 Å². The van der Waals surface area contributed by atoms with Gasteiger partial charge in [0.2, 0.25) is 0 Å². The van der Waals surface area contributed by atoms with Crippen LogP contribution in [0.2, 0.25) is 0 Å². The smallest absolute Gasteiger partial charge is 0.0162 e. The maximum Gasteiger partial charge on any atom is -0.0162 e. The third kappa shape index (κ3) is 8.11. The van der Waals surface area contributed by atoms with Crippen LogP contribution in [-0.4, -0.2) is 0 Å². The van der Waals surface area contributed by atoms with E-state index in [9.17, 15) is 0 Å². The van der Waals surface area contributed by atoms with Gasteiger partial charge in [0.05, 0.1) is 0 Å². The molecule has 3 aromatic carbocycles. The highest BCUT2D eigenvalue weighted by molar-refractivity contribution is 5.64. The largest absolute Gasteiger partial charge is 0.0654 e. The summed E-state index contributed by atoms with van der Waals surface area (Å²) in [6.07, 6.45) is 21.9. The van der Waals surface area contributed by atoms with Gasteiger partial charge in [0.1, 0.15) is 0 Å². The quantitative estimate of drug-likeness (QED) is 0.203. The lowest BCUT2D eigenvalue weighted by Gasteiger charge is -2.29. The molecule has 0 aromatic heterocycles. The van der Waals surface area contributed by atoms with Crippen LogP contribution in [-0.2, 0) is 12.8 Å². The van der Waals surface area contributed by atoms with E-state index in [0.717, 1.165) is 36.5 Å². The highest BCUT2D eigenvalue weighted by atomic mass is 14.3. The fourth-order valence-corrected chi connectivity index (χ4v) is 7.72. The zero-order chi connectivity index (χ0) is 27.6. The van der Waals surface area contributed by atoms with Crippen LogP contribution in [0.1, 0.15) is 138 Å². The van der Waals surface area contributed by atoms with Crippen molar-refractivity contribution >= 4 is 0 Å². The van der Waals surface area contributed by atoms with Gasteiger partial charge in [0.15, 0.2) is 0 Å². The van der Waals surface area contributed by atoms with Gasteiger partial charge in [-0.2, -0.15) is 0 Å². The molecule has 0 amide bonds. The number of rotatable bonds is 12. The van der Waals surface area contributed by atoms with Crippen molar-refractivity contribution in [3.05, 3.63) is 95.1 Å². The molecule has 0 saturated heterocycles. The molecule has 40 heavy (non-hydrogen) atoms. The van der Waals surface area contributed by atoms with Crippen molar-refractivity contribution < 1.29 is 0 Å². The Morgan fingerprint density at radius 3 is 1.35 bits per heavy atom. The number of benzene rings is 3. The zero-order valence-corrected chi connectivity index (χ0v) is 25.6. The molecular weight excluding hydrogens is 480 g/mol. The Morgan fingerprint density at radius 1 is 0.450 bits per heavy atom. The number of hydrogen-bond donors (Lipinski definition) is 0. The summed E-state index contributed by atoms with van der Waals surface area (Å²) in [5.41, 5.74) is 8.73. The molecule has 0 aliphatic heterocycles. The van der Waals surface area contributed by atoms with Gasteiger partial charge in [-0.3, -0.25) is 0 Å². The van der Waals surface area contributed by atoms with Crippen LogP contribution in [0.5, 0.6) is 0 Å². The van der Waals surface area contributed by atoms with E-state index in [0.29, 0.717) is 0 Å². The van der Waals surface area contributed by atoms with E-state index in [1.165, 1.54) is 112 Å². The maximum atomic E-state index is 2.42. The molecule has 214 valence electrons. The van der Waals surface area contributed by atoms with Crippen LogP contribution in [0.25, 0.3) is 11.1 Å². The molecule has 0 heteroatoms. The van der Waals surface area contributed by atoms with Crippen molar-refractivity contribution in [2.24, 2.45) is 11.8 Å². The molecule has 5 rings (SSSR count). The summed E-state index contributed by atoms with van der Waals surface area (Å²) < 4.78 is 0. The summed E-state index contributed by atoms with van der Waals surface area (Å²) in [7, 11) is 0. The molecule has 0 nitrogen and oxygen atoms in total. The zero-order valence-electron chi connectivity index (χ0n) is 25.6. The first kappa shape index (κ1) is 29.2. The van der Waals surface area contributed by atoms with Crippen LogP contribution in [0.15, 0.2) is 72.8 Å². The number of aryl methyl sites for hydroxylation is 2. The first-order valence-corrected chi connectivity index (χ1v) is 17.0. The van der Waals surface area contributed by atoms with Gasteiger partial charge in [-0.05, 0) is 121 Å². The summed E-state index contributed by atoms with van der Waals surface area (Å²) >= 11 is 0. The third-order valence-electron chi connectivity index (χ3n) is 10.4. The van der Waals surface area contributed by atoms with Crippen molar-refractivity contribution in [2.75, 3.05) is 0 Å². The highest BCUT2D eigenvalue weighted by Crippen LogP contribution is 2.39. The van der Waals surface area contributed by atoms with Gasteiger partial charge in [0, 0.05) is 0 Å². The molecular formula is C40H54. The maximum absolute atomic E-state index is 2.42. The minimum Gasteiger partial charge on any atom is -0.0654 e. The molecule has 0 N–H and O–H groups in total. The Morgan fingerprint density at radius 2 is 0.875 bits per heavy atom. The summed E-state index contributed by atoms with van der Waals surface area (Å²) in [5.74, 6) is 3.54. The average molecular weight is 535 g/mol. The van der Waals surface area contributed by atoms with Crippen molar-refractivity contribution in [2.45, 2.75) is 128 Å². The van der Waals surface area contributed by atoms with Crippen LogP contribution >= 0.6 is 0 Å². The SMILES string of the molecule is CCCCCC1CCC(c2ccc(-c3ccc(CCc4ccc(C5CCC(CCC)CC5)cc4)cc3)cc2)CC1. The van der Waals surface area contributed by atoms with E-state index in [2.05, 4.69) is 86.6 Å². The summed E-state index contributed by atoms with van der Waals surface area (Å²) in [6, 6.07) is 28.5. The van der Waals surface area contributed by atoms with E-state index in [1.54, 1.807) is 11.1 Å². The Labute approximate surface area is 246 Å². The predicted octanol–water partition coefficient (Wildman–Crippen LogP) is 12.1. The minimum absolute atomic E-state index is 0.772. The van der Waals surface area contributed by atoms with Gasteiger partial charge in [-0.1, -0.05) is 125 Å². The lowest BCUT2D eigenvalue weighted by molar-refractivity contribution is 0.303. The molecule has 2 saturated carbocycles. The fourth-order valence-electron chi connectivity index (χ4n) is 7.72. The topological polar surface area (TPSA) is 0 Å². The summed E-state index contributed by atoms with van der Waals surface area (Å²) in [6.45, 7) is 4.64. The monoisotopic (exact) mass is 534 g/mol. The van der Waals surface area contributed by atoms with Crippen molar-refractivity contribution in [3.8, 4) is 11.1 Å². The van der Waals surface area contributed by atoms with Crippen molar-refractivity contribution in [1.82, 2.24) is 0 Å². The first-order valence-electron chi connectivity index (χ1n) is 17.0. The summed E-state index contributed by atoms with van der Waals surface area (Å²) in [5, 5.41) is 0. The molecule has 0 atom stereocenters. The molecule has 0 heterocycles. The number of unbranched alkanes of at least 4 members (excludes halogenated alkanes) is 2. The van der Waals surface area contributed by atoms with E-state index in [-0.39, 0.29) is 0 Å². The van der Waals surface area contributed by atoms with Crippen LogP contribution in [0, 0.1) is 11.8 Å². The lowest BCUT2D eigenvalue weighted by atomic mass is 9.77. The molecule has 0 radical (unpaired) electrons. The second-order valence-corrected chi connectivity index (χ2v) is 13.3. The van der Waals surface area contributed by atoms with E-state index < -0.39 is 0 Å². The Balaban J connectivity index is 1.07. The van der Waals surface area contributed by atoms with Gasteiger partial charge in [-0.15, -0.1) is 0 Å². The van der Waals surface area contributed by atoms with Crippen LogP contribution in [0.3, 0.4) is 0 Å². The second kappa shape index (κ2) is 15.0. The van der Waals surface area contributed by atoms with E-state index in [4.69, 9.17) is 0 Å². The van der Waals surface area contributed by atoms with E-state index >= 15 is 0 Å². The van der Waals surface area contributed by atoms with Crippen LogP contribution < -0.4 is 0 Å². The second-order valence-electron chi connectivity index (χ2n) is 13.3. The molecule has 0 bridgehead atoms.